The van der Waals surface area contributed by atoms with Gasteiger partial charge >= 0.3 is 6.03 Å². The Morgan fingerprint density at radius 1 is 1.37 bits per heavy atom. The SMILES string of the molecule is COc1ccc2oc(CNC(=O)N3CCCC[C@H]3c3nc(C)no3)nc2c1. The molecule has 0 aliphatic carbocycles. The van der Waals surface area contributed by atoms with Crippen molar-refractivity contribution < 1.29 is 18.5 Å². The highest BCUT2D eigenvalue weighted by atomic mass is 16.5. The van der Waals surface area contributed by atoms with Crippen molar-refractivity contribution in [3.63, 3.8) is 0 Å². The number of oxazole rings is 1. The summed E-state index contributed by atoms with van der Waals surface area (Å²) in [5.74, 6) is 2.19. The summed E-state index contributed by atoms with van der Waals surface area (Å²) in [7, 11) is 1.60. The smallest absolute Gasteiger partial charge is 0.318 e. The van der Waals surface area contributed by atoms with Gasteiger partial charge in [-0.05, 0) is 38.3 Å². The Morgan fingerprint density at radius 2 is 2.26 bits per heavy atom. The van der Waals surface area contributed by atoms with Gasteiger partial charge in [0, 0.05) is 12.6 Å². The Hall–Kier alpha value is -3.10. The number of benzene rings is 1. The number of fused-ring (bicyclic) bond motifs is 1. The topological polar surface area (TPSA) is 107 Å². The summed E-state index contributed by atoms with van der Waals surface area (Å²) in [6.45, 7) is 2.60. The van der Waals surface area contributed by atoms with Crippen LogP contribution in [0, 0.1) is 6.92 Å². The fourth-order valence-corrected chi connectivity index (χ4v) is 3.29. The van der Waals surface area contributed by atoms with Gasteiger partial charge in [-0.1, -0.05) is 5.16 Å². The molecule has 0 radical (unpaired) electrons. The molecular weight excluding hydrogens is 350 g/mol. The molecule has 1 aliphatic heterocycles. The van der Waals surface area contributed by atoms with Crippen LogP contribution >= 0.6 is 0 Å². The number of likely N-dealkylation sites (tertiary alicyclic amines) is 1. The van der Waals surface area contributed by atoms with Crippen molar-refractivity contribution in [2.24, 2.45) is 0 Å². The van der Waals surface area contributed by atoms with Gasteiger partial charge in [0.05, 0.1) is 13.7 Å². The lowest BCUT2D eigenvalue weighted by molar-refractivity contribution is 0.131. The number of carbonyl (C=O) groups excluding carboxylic acids is 1. The van der Waals surface area contributed by atoms with Gasteiger partial charge in [-0.15, -0.1) is 0 Å². The zero-order valence-electron chi connectivity index (χ0n) is 15.3. The summed E-state index contributed by atoms with van der Waals surface area (Å²) >= 11 is 0. The molecule has 0 saturated carbocycles. The van der Waals surface area contributed by atoms with Gasteiger partial charge in [-0.3, -0.25) is 0 Å². The molecule has 2 aromatic heterocycles. The van der Waals surface area contributed by atoms with Gasteiger partial charge in [0.2, 0.25) is 11.8 Å². The van der Waals surface area contributed by atoms with Gasteiger partial charge in [-0.25, -0.2) is 9.78 Å². The van der Waals surface area contributed by atoms with Crippen LogP contribution in [-0.2, 0) is 6.54 Å². The second-order valence-electron chi connectivity index (χ2n) is 6.48. The predicted octanol–water partition coefficient (Wildman–Crippen LogP) is 2.96. The largest absolute Gasteiger partial charge is 0.497 e. The highest BCUT2D eigenvalue weighted by molar-refractivity contribution is 5.76. The van der Waals surface area contributed by atoms with E-state index < -0.39 is 0 Å². The minimum atomic E-state index is -0.201. The molecule has 9 heteroatoms. The Bertz CT molecular complexity index is 950. The molecule has 1 fully saturated rings. The molecule has 27 heavy (non-hydrogen) atoms. The van der Waals surface area contributed by atoms with Gasteiger partial charge in [0.15, 0.2) is 11.4 Å². The lowest BCUT2D eigenvalue weighted by atomic mass is 10.0. The van der Waals surface area contributed by atoms with E-state index in [0.29, 0.717) is 41.0 Å². The van der Waals surface area contributed by atoms with Crippen LogP contribution in [0.25, 0.3) is 11.1 Å². The van der Waals surface area contributed by atoms with E-state index in [1.807, 2.05) is 0 Å². The highest BCUT2D eigenvalue weighted by Crippen LogP contribution is 2.30. The van der Waals surface area contributed by atoms with Crippen LogP contribution in [0.5, 0.6) is 5.75 Å². The summed E-state index contributed by atoms with van der Waals surface area (Å²) in [6, 6.07) is 5.00. The highest BCUT2D eigenvalue weighted by Gasteiger charge is 2.32. The Labute approximate surface area is 155 Å². The standard InChI is InChI=1S/C18H21N5O4/c1-11-20-17(27-22-11)14-5-3-4-8-23(14)18(24)19-10-16-21-13-9-12(25-2)6-7-15(13)26-16/h6-7,9,14H,3-5,8,10H2,1-2H3,(H,19,24)/t14-/m0/s1. The van der Waals surface area contributed by atoms with Gasteiger partial charge < -0.3 is 23.9 Å². The number of hydrogen-bond acceptors (Lipinski definition) is 7. The summed E-state index contributed by atoms with van der Waals surface area (Å²) in [4.78, 5) is 23.1. The third-order valence-corrected chi connectivity index (χ3v) is 4.62. The molecule has 4 rings (SSSR count). The molecule has 3 heterocycles. The first-order chi connectivity index (χ1) is 13.1. The van der Waals surface area contributed by atoms with Crippen molar-refractivity contribution in [1.82, 2.24) is 25.3 Å². The quantitative estimate of drug-likeness (QED) is 0.751. The number of ether oxygens (including phenoxy) is 1. The van der Waals surface area contributed by atoms with Gasteiger partial charge in [-0.2, -0.15) is 4.98 Å². The number of carbonyl (C=O) groups is 1. The van der Waals surface area contributed by atoms with Crippen LogP contribution in [0.3, 0.4) is 0 Å². The van der Waals surface area contributed by atoms with E-state index in [2.05, 4.69) is 20.4 Å². The third kappa shape index (κ3) is 3.57. The number of nitrogens with one attached hydrogen (secondary N) is 1. The van der Waals surface area contributed by atoms with Crippen LogP contribution < -0.4 is 10.1 Å². The van der Waals surface area contributed by atoms with E-state index in [0.717, 1.165) is 19.3 Å². The summed E-state index contributed by atoms with van der Waals surface area (Å²) in [5.41, 5.74) is 1.34. The molecule has 3 aromatic rings. The van der Waals surface area contributed by atoms with Crippen LogP contribution in [0.15, 0.2) is 27.1 Å². The van der Waals surface area contributed by atoms with E-state index in [1.165, 1.54) is 0 Å². The number of piperidine rings is 1. The molecule has 1 saturated heterocycles. The van der Waals surface area contributed by atoms with Crippen LogP contribution in [0.4, 0.5) is 4.79 Å². The van der Waals surface area contributed by atoms with E-state index in [-0.39, 0.29) is 18.6 Å². The van der Waals surface area contributed by atoms with E-state index in [4.69, 9.17) is 13.7 Å². The first kappa shape index (κ1) is 17.3. The first-order valence-corrected chi connectivity index (χ1v) is 8.92. The number of nitrogens with zero attached hydrogens (tertiary/aromatic N) is 4. The van der Waals surface area contributed by atoms with Crippen LogP contribution in [0.2, 0.25) is 0 Å². The first-order valence-electron chi connectivity index (χ1n) is 8.92. The maximum atomic E-state index is 12.7. The summed E-state index contributed by atoms with van der Waals surface area (Å²) < 4.78 is 16.1. The third-order valence-electron chi connectivity index (χ3n) is 4.62. The number of aromatic nitrogens is 3. The number of methoxy groups -OCH3 is 1. The number of rotatable bonds is 4. The monoisotopic (exact) mass is 371 g/mol. The van der Waals surface area contributed by atoms with Crippen molar-refractivity contribution in [3.05, 3.63) is 35.8 Å². The minimum absolute atomic E-state index is 0.196. The van der Waals surface area contributed by atoms with Crippen molar-refractivity contribution in [3.8, 4) is 5.75 Å². The van der Waals surface area contributed by atoms with Crippen molar-refractivity contribution >= 4 is 17.1 Å². The molecule has 0 bridgehead atoms. The Balaban J connectivity index is 1.44. The average molecular weight is 371 g/mol. The normalized spacial score (nSPS) is 17.3. The molecule has 1 aliphatic rings. The second-order valence-corrected chi connectivity index (χ2v) is 6.48. The number of urea groups is 1. The lowest BCUT2D eigenvalue weighted by Gasteiger charge is -2.33. The number of hydrogen-bond donors (Lipinski definition) is 1. The zero-order chi connectivity index (χ0) is 18.8. The summed E-state index contributed by atoms with van der Waals surface area (Å²) in [5, 5.41) is 6.71. The molecular formula is C18H21N5O4. The minimum Gasteiger partial charge on any atom is -0.497 e. The lowest BCUT2D eigenvalue weighted by Crippen LogP contribution is -2.44. The fourth-order valence-electron chi connectivity index (χ4n) is 3.29. The van der Waals surface area contributed by atoms with E-state index in [9.17, 15) is 4.79 Å². The van der Waals surface area contributed by atoms with Crippen LogP contribution in [-0.4, -0.2) is 39.7 Å². The number of amides is 2. The van der Waals surface area contributed by atoms with Gasteiger partial charge in [0.1, 0.15) is 17.3 Å². The Morgan fingerprint density at radius 3 is 3.04 bits per heavy atom. The zero-order valence-corrected chi connectivity index (χ0v) is 15.3. The predicted molar refractivity (Wildman–Crippen MR) is 95.1 cm³/mol. The van der Waals surface area contributed by atoms with Crippen molar-refractivity contribution in [2.45, 2.75) is 38.8 Å². The van der Waals surface area contributed by atoms with E-state index >= 15 is 0 Å². The second kappa shape index (κ2) is 7.26. The molecule has 2 amide bonds. The van der Waals surface area contributed by atoms with E-state index in [1.54, 1.807) is 37.1 Å². The molecule has 1 N–H and O–H groups in total. The Kier molecular flexibility index (Phi) is 4.66. The maximum absolute atomic E-state index is 12.7. The molecule has 142 valence electrons. The van der Waals surface area contributed by atoms with Crippen molar-refractivity contribution in [2.75, 3.05) is 13.7 Å². The fraction of sp³-hybridized carbons (Fsp3) is 0.444. The van der Waals surface area contributed by atoms with Crippen molar-refractivity contribution in [1.29, 1.82) is 0 Å². The molecule has 9 nitrogen and oxygen atoms in total. The summed E-state index contributed by atoms with van der Waals surface area (Å²) in [6.07, 6.45) is 2.76. The number of aryl methyl sites for hydroxylation is 1. The molecule has 1 aromatic carbocycles. The molecule has 1 atom stereocenters. The van der Waals surface area contributed by atoms with Crippen LogP contribution in [0.1, 0.15) is 42.9 Å². The average Bonchev–Trinajstić information content (AvgIpc) is 3.31. The van der Waals surface area contributed by atoms with Gasteiger partial charge in [0.25, 0.3) is 0 Å². The molecule has 0 spiro atoms. The molecule has 0 unspecified atom stereocenters. The maximum Gasteiger partial charge on any atom is 0.318 e.